The lowest BCUT2D eigenvalue weighted by atomic mass is 10.0. The van der Waals surface area contributed by atoms with Crippen molar-refractivity contribution in [3.05, 3.63) is 16.1 Å². The molecule has 1 aliphatic rings. The Hall–Kier alpha value is -1.47. The van der Waals surface area contributed by atoms with Gasteiger partial charge in [-0.2, -0.15) is 0 Å². The number of hydrogen-bond donors (Lipinski definition) is 2. The smallest absolute Gasteiger partial charge is 0.252 e. The van der Waals surface area contributed by atoms with Gasteiger partial charge in [0.2, 0.25) is 5.91 Å². The Bertz CT molecular complexity index is 503. The molecule has 0 saturated carbocycles. The summed E-state index contributed by atoms with van der Waals surface area (Å²) in [6.45, 7) is 6.31. The molecule has 7 heteroatoms. The van der Waals surface area contributed by atoms with E-state index in [0.29, 0.717) is 12.5 Å². The minimum Gasteiger partial charge on any atom is -0.294 e. The summed E-state index contributed by atoms with van der Waals surface area (Å²) in [5.41, 5.74) is 5.82. The maximum absolute atomic E-state index is 11.8. The molecule has 1 saturated heterocycles. The lowest BCUT2D eigenvalue weighted by Gasteiger charge is -2.30. The molecule has 1 atom stereocenters. The summed E-state index contributed by atoms with van der Waals surface area (Å²) in [5, 5.41) is 2.66. The van der Waals surface area contributed by atoms with E-state index in [4.69, 9.17) is 0 Å². The first-order chi connectivity index (χ1) is 10.0. The van der Waals surface area contributed by atoms with Crippen molar-refractivity contribution in [1.82, 2.24) is 20.7 Å². The van der Waals surface area contributed by atoms with Crippen LogP contribution in [0, 0.1) is 12.8 Å². The van der Waals surface area contributed by atoms with Gasteiger partial charge in [0.05, 0.1) is 13.0 Å². The van der Waals surface area contributed by atoms with E-state index in [1.807, 2.05) is 12.3 Å². The molecule has 21 heavy (non-hydrogen) atoms. The number of aromatic nitrogens is 1. The number of nitrogens with one attached hydrogen (secondary N) is 2. The van der Waals surface area contributed by atoms with Crippen LogP contribution in [0.25, 0.3) is 0 Å². The number of likely N-dealkylation sites (tertiary alicyclic amines) is 1. The SMILES string of the molecule is Cc1csc(CC(=O)NNC(=O)CN2CCCC(C)C2)n1. The van der Waals surface area contributed by atoms with Crippen LogP contribution in [-0.2, 0) is 16.0 Å². The summed E-state index contributed by atoms with van der Waals surface area (Å²) in [6, 6.07) is 0. The van der Waals surface area contributed by atoms with Gasteiger partial charge in [0, 0.05) is 17.6 Å². The molecule has 2 heterocycles. The molecule has 2 amide bonds. The van der Waals surface area contributed by atoms with Crippen molar-refractivity contribution in [3.63, 3.8) is 0 Å². The molecule has 6 nitrogen and oxygen atoms in total. The van der Waals surface area contributed by atoms with Crippen LogP contribution >= 0.6 is 11.3 Å². The predicted molar refractivity (Wildman–Crippen MR) is 81.7 cm³/mol. The minimum atomic E-state index is -0.246. The van der Waals surface area contributed by atoms with Crippen LogP contribution < -0.4 is 10.9 Å². The first-order valence-electron chi connectivity index (χ1n) is 7.24. The maximum atomic E-state index is 11.8. The zero-order valence-electron chi connectivity index (χ0n) is 12.5. The Morgan fingerprint density at radius 2 is 2.19 bits per heavy atom. The summed E-state index contributed by atoms with van der Waals surface area (Å²) in [7, 11) is 0. The average Bonchev–Trinajstić information content (AvgIpc) is 2.82. The standard InChI is InChI=1S/C14H22N4O2S/c1-10-4-3-5-18(7-10)8-13(20)17-16-12(19)6-14-15-11(2)9-21-14/h9-10H,3-8H2,1-2H3,(H,16,19)(H,17,20). The van der Waals surface area contributed by atoms with Crippen LogP contribution in [0.2, 0.25) is 0 Å². The number of piperidine rings is 1. The Morgan fingerprint density at radius 1 is 1.43 bits per heavy atom. The fourth-order valence-corrected chi connectivity index (χ4v) is 3.25. The molecule has 1 unspecified atom stereocenters. The minimum absolute atomic E-state index is 0.173. The molecule has 1 aromatic rings. The van der Waals surface area contributed by atoms with Gasteiger partial charge in [-0.3, -0.25) is 25.3 Å². The maximum Gasteiger partial charge on any atom is 0.252 e. The summed E-state index contributed by atoms with van der Waals surface area (Å²) in [6.07, 6.45) is 2.55. The molecule has 2 rings (SSSR count). The Balaban J connectivity index is 1.67. The van der Waals surface area contributed by atoms with Crippen LogP contribution in [-0.4, -0.2) is 41.3 Å². The third-order valence-corrected chi connectivity index (χ3v) is 4.39. The van der Waals surface area contributed by atoms with E-state index in [0.717, 1.165) is 30.2 Å². The van der Waals surface area contributed by atoms with Crippen LogP contribution in [0.4, 0.5) is 0 Å². The van der Waals surface area contributed by atoms with Gasteiger partial charge in [-0.1, -0.05) is 6.92 Å². The first kappa shape index (κ1) is 15.9. The highest BCUT2D eigenvalue weighted by molar-refractivity contribution is 7.09. The lowest BCUT2D eigenvalue weighted by Crippen LogP contribution is -2.48. The fourth-order valence-electron chi connectivity index (χ4n) is 2.48. The van der Waals surface area contributed by atoms with Gasteiger partial charge in [-0.25, -0.2) is 4.98 Å². The molecular weight excluding hydrogens is 288 g/mol. The Morgan fingerprint density at radius 3 is 2.86 bits per heavy atom. The van der Waals surface area contributed by atoms with Gasteiger partial charge < -0.3 is 0 Å². The monoisotopic (exact) mass is 310 g/mol. The predicted octanol–water partition coefficient (Wildman–Crippen LogP) is 0.873. The Labute approximate surface area is 128 Å². The van der Waals surface area contributed by atoms with Crippen molar-refractivity contribution >= 4 is 23.2 Å². The lowest BCUT2D eigenvalue weighted by molar-refractivity contribution is -0.129. The number of carbonyl (C=O) groups is 2. The van der Waals surface area contributed by atoms with Gasteiger partial charge in [-0.15, -0.1) is 11.3 Å². The zero-order valence-corrected chi connectivity index (χ0v) is 13.3. The number of hydrogen-bond acceptors (Lipinski definition) is 5. The largest absolute Gasteiger partial charge is 0.294 e. The van der Waals surface area contributed by atoms with Crippen molar-refractivity contribution < 1.29 is 9.59 Å². The normalized spacial score (nSPS) is 19.2. The molecule has 0 bridgehead atoms. The van der Waals surface area contributed by atoms with E-state index in [2.05, 4.69) is 27.7 Å². The number of nitrogens with zero attached hydrogens (tertiary/aromatic N) is 2. The van der Waals surface area contributed by atoms with Gasteiger partial charge in [-0.05, 0) is 32.2 Å². The zero-order chi connectivity index (χ0) is 15.2. The molecule has 2 N–H and O–H groups in total. The molecule has 0 spiro atoms. The van der Waals surface area contributed by atoms with Crippen LogP contribution in [0.15, 0.2) is 5.38 Å². The quantitative estimate of drug-likeness (QED) is 0.810. The second kappa shape index (κ2) is 7.51. The van der Waals surface area contributed by atoms with Crippen molar-refractivity contribution in [1.29, 1.82) is 0 Å². The summed E-state index contributed by atoms with van der Waals surface area (Å²) < 4.78 is 0. The topological polar surface area (TPSA) is 74.3 Å². The number of rotatable bonds is 4. The summed E-state index contributed by atoms with van der Waals surface area (Å²) >= 11 is 1.45. The molecular formula is C14H22N4O2S. The van der Waals surface area contributed by atoms with E-state index >= 15 is 0 Å². The second-order valence-corrected chi connectivity index (χ2v) is 6.58. The molecule has 1 aliphatic heterocycles. The molecule has 0 radical (unpaired) electrons. The van der Waals surface area contributed by atoms with Crippen molar-refractivity contribution in [2.45, 2.75) is 33.1 Å². The first-order valence-corrected chi connectivity index (χ1v) is 8.12. The molecule has 116 valence electrons. The van der Waals surface area contributed by atoms with E-state index in [9.17, 15) is 9.59 Å². The number of thiazole rings is 1. The fraction of sp³-hybridized carbons (Fsp3) is 0.643. The molecule has 0 aromatic carbocycles. The van der Waals surface area contributed by atoms with Crippen molar-refractivity contribution in [3.8, 4) is 0 Å². The number of amides is 2. The van der Waals surface area contributed by atoms with Crippen molar-refractivity contribution in [2.24, 2.45) is 5.92 Å². The Kier molecular flexibility index (Phi) is 5.69. The number of hydrazine groups is 1. The third-order valence-electron chi connectivity index (χ3n) is 3.43. The molecule has 1 fully saturated rings. The van der Waals surface area contributed by atoms with Crippen molar-refractivity contribution in [2.75, 3.05) is 19.6 Å². The third kappa shape index (κ3) is 5.43. The van der Waals surface area contributed by atoms with Gasteiger partial charge in [0.1, 0.15) is 5.01 Å². The van der Waals surface area contributed by atoms with E-state index in [1.54, 1.807) is 0 Å². The second-order valence-electron chi connectivity index (χ2n) is 5.64. The highest BCUT2D eigenvalue weighted by Gasteiger charge is 2.18. The molecule has 1 aromatic heterocycles. The average molecular weight is 310 g/mol. The van der Waals surface area contributed by atoms with Gasteiger partial charge in [0.25, 0.3) is 5.91 Å². The highest BCUT2D eigenvalue weighted by Crippen LogP contribution is 2.14. The van der Waals surface area contributed by atoms with Crippen LogP contribution in [0.3, 0.4) is 0 Å². The van der Waals surface area contributed by atoms with Crippen LogP contribution in [0.1, 0.15) is 30.5 Å². The molecule has 0 aliphatic carbocycles. The summed E-state index contributed by atoms with van der Waals surface area (Å²) in [5.74, 6) is 0.215. The van der Waals surface area contributed by atoms with Gasteiger partial charge >= 0.3 is 0 Å². The number of aryl methyl sites for hydroxylation is 1. The van der Waals surface area contributed by atoms with E-state index < -0.39 is 0 Å². The van der Waals surface area contributed by atoms with E-state index in [1.165, 1.54) is 17.8 Å². The van der Waals surface area contributed by atoms with E-state index in [-0.39, 0.29) is 18.2 Å². The summed E-state index contributed by atoms with van der Waals surface area (Å²) in [4.78, 5) is 29.8. The van der Waals surface area contributed by atoms with Gasteiger partial charge in [0.15, 0.2) is 0 Å². The highest BCUT2D eigenvalue weighted by atomic mass is 32.1. The number of carbonyl (C=O) groups excluding carboxylic acids is 2. The van der Waals surface area contributed by atoms with Crippen LogP contribution in [0.5, 0.6) is 0 Å².